The Kier molecular flexibility index (Phi) is 5.70. The second kappa shape index (κ2) is 6.41. The maximum absolute atomic E-state index is 9.80. The molecule has 0 heterocycles. The topological polar surface area (TPSA) is 20.2 Å². The molecule has 1 aliphatic carbocycles. The number of rotatable bonds is 5. The molecule has 1 rings (SSSR count). The molecule has 0 radical (unpaired) electrons. The van der Waals surface area contributed by atoms with Crippen LogP contribution in [0.3, 0.4) is 0 Å². The molecule has 0 atom stereocenters. The molecule has 0 aromatic carbocycles. The van der Waals surface area contributed by atoms with Gasteiger partial charge in [0.25, 0.3) is 0 Å². The summed E-state index contributed by atoms with van der Waals surface area (Å²) in [5, 5.41) is 9.80. The molecule has 0 saturated heterocycles. The van der Waals surface area contributed by atoms with Crippen LogP contribution in [0.15, 0.2) is 0 Å². The normalized spacial score (nSPS) is 29.8. The molecule has 0 spiro atoms. The van der Waals surface area contributed by atoms with Crippen molar-refractivity contribution in [2.45, 2.75) is 79.6 Å². The van der Waals surface area contributed by atoms with Gasteiger partial charge in [-0.05, 0) is 54.8 Å². The molecule has 0 aliphatic heterocycles. The van der Waals surface area contributed by atoms with Gasteiger partial charge in [-0.15, -0.1) is 0 Å². The predicted octanol–water partition coefficient (Wildman–Crippen LogP) is 5.03. The van der Waals surface area contributed by atoms with Gasteiger partial charge in [0.15, 0.2) is 0 Å². The van der Waals surface area contributed by atoms with Crippen molar-refractivity contribution in [1.29, 1.82) is 0 Å². The highest BCUT2D eigenvalue weighted by Crippen LogP contribution is 2.47. The van der Waals surface area contributed by atoms with Crippen molar-refractivity contribution in [3.05, 3.63) is 0 Å². The first-order valence-corrected chi connectivity index (χ1v) is 7.90. The fourth-order valence-corrected chi connectivity index (χ4v) is 3.47. The quantitative estimate of drug-likeness (QED) is 0.729. The van der Waals surface area contributed by atoms with Crippen LogP contribution in [0.25, 0.3) is 0 Å². The lowest BCUT2D eigenvalue weighted by Crippen LogP contribution is -2.35. The minimum Gasteiger partial charge on any atom is -0.396 e. The molecule has 0 aromatic rings. The van der Waals surface area contributed by atoms with Gasteiger partial charge in [0, 0.05) is 6.61 Å². The Balaban J connectivity index is 2.44. The maximum Gasteiger partial charge on any atom is 0.0487 e. The Morgan fingerprint density at radius 3 is 2.11 bits per heavy atom. The molecule has 1 fully saturated rings. The van der Waals surface area contributed by atoms with E-state index in [1.54, 1.807) is 0 Å². The third kappa shape index (κ3) is 4.57. The number of aliphatic hydroxyl groups excluding tert-OH is 1. The van der Waals surface area contributed by atoms with Crippen molar-refractivity contribution in [2.75, 3.05) is 6.61 Å². The Morgan fingerprint density at radius 2 is 1.72 bits per heavy atom. The van der Waals surface area contributed by atoms with Crippen LogP contribution in [-0.4, -0.2) is 11.7 Å². The average molecular weight is 254 g/mol. The van der Waals surface area contributed by atoms with Gasteiger partial charge in [0.2, 0.25) is 0 Å². The Labute approximate surface area is 114 Å². The summed E-state index contributed by atoms with van der Waals surface area (Å²) >= 11 is 0. The highest BCUT2D eigenvalue weighted by Gasteiger charge is 2.37. The van der Waals surface area contributed by atoms with Crippen molar-refractivity contribution in [3.63, 3.8) is 0 Å². The van der Waals surface area contributed by atoms with Crippen molar-refractivity contribution in [1.82, 2.24) is 0 Å². The van der Waals surface area contributed by atoms with Gasteiger partial charge in [-0.3, -0.25) is 0 Å². The van der Waals surface area contributed by atoms with Crippen LogP contribution in [0, 0.1) is 22.7 Å². The van der Waals surface area contributed by atoms with E-state index in [4.69, 9.17) is 0 Å². The van der Waals surface area contributed by atoms with Crippen LogP contribution in [-0.2, 0) is 0 Å². The van der Waals surface area contributed by atoms with Gasteiger partial charge < -0.3 is 5.11 Å². The van der Waals surface area contributed by atoms with Gasteiger partial charge >= 0.3 is 0 Å². The maximum atomic E-state index is 9.80. The summed E-state index contributed by atoms with van der Waals surface area (Å²) in [6.07, 6.45) is 8.94. The molecule has 1 heteroatoms. The van der Waals surface area contributed by atoms with Gasteiger partial charge in [0.05, 0.1) is 0 Å². The molecule has 18 heavy (non-hydrogen) atoms. The molecule has 0 unspecified atom stereocenters. The molecular weight excluding hydrogens is 220 g/mol. The van der Waals surface area contributed by atoms with E-state index in [2.05, 4.69) is 34.6 Å². The molecule has 1 N–H and O–H groups in total. The Hall–Kier alpha value is -0.0400. The van der Waals surface area contributed by atoms with Crippen LogP contribution >= 0.6 is 0 Å². The van der Waals surface area contributed by atoms with Crippen LogP contribution in [0.5, 0.6) is 0 Å². The number of aliphatic hydroxyl groups is 1. The minimum atomic E-state index is 0.261. The van der Waals surface area contributed by atoms with E-state index < -0.39 is 0 Å². The van der Waals surface area contributed by atoms with Gasteiger partial charge in [-0.2, -0.15) is 0 Å². The molecule has 108 valence electrons. The van der Waals surface area contributed by atoms with E-state index in [0.717, 1.165) is 11.8 Å². The molecular formula is C17H34O. The molecule has 0 aromatic heterocycles. The zero-order valence-electron chi connectivity index (χ0n) is 13.3. The Morgan fingerprint density at radius 1 is 1.17 bits per heavy atom. The highest BCUT2D eigenvalue weighted by molar-refractivity contribution is 4.88. The lowest BCUT2D eigenvalue weighted by molar-refractivity contribution is 0.0280. The number of hydrogen-bond acceptors (Lipinski definition) is 1. The summed E-state index contributed by atoms with van der Waals surface area (Å²) in [6, 6.07) is 0. The summed E-state index contributed by atoms with van der Waals surface area (Å²) < 4.78 is 0. The second-order valence-electron chi connectivity index (χ2n) is 8.08. The van der Waals surface area contributed by atoms with Crippen molar-refractivity contribution >= 4 is 0 Å². The van der Waals surface area contributed by atoms with Gasteiger partial charge in [-0.25, -0.2) is 0 Å². The van der Waals surface area contributed by atoms with Crippen molar-refractivity contribution < 1.29 is 5.11 Å². The Bertz CT molecular complexity index is 228. The van der Waals surface area contributed by atoms with Crippen LogP contribution in [0.4, 0.5) is 0 Å². The predicted molar refractivity (Wildman–Crippen MR) is 79.6 cm³/mol. The van der Waals surface area contributed by atoms with E-state index in [1.807, 2.05) is 0 Å². The molecule has 0 bridgehead atoms. The zero-order chi connectivity index (χ0) is 13.8. The van der Waals surface area contributed by atoms with Crippen molar-refractivity contribution in [2.24, 2.45) is 22.7 Å². The zero-order valence-corrected chi connectivity index (χ0v) is 13.3. The number of hydrogen-bond donors (Lipinski definition) is 1. The van der Waals surface area contributed by atoms with Crippen LogP contribution < -0.4 is 0 Å². The van der Waals surface area contributed by atoms with Crippen LogP contribution in [0.1, 0.15) is 79.6 Å². The summed E-state index contributed by atoms with van der Waals surface area (Å²) in [4.78, 5) is 0. The summed E-state index contributed by atoms with van der Waals surface area (Å²) in [5.41, 5.74) is 0.705. The monoisotopic (exact) mass is 254 g/mol. The fraction of sp³-hybridized carbons (Fsp3) is 1.00. The first-order chi connectivity index (χ1) is 8.29. The smallest absolute Gasteiger partial charge is 0.0487 e. The lowest BCUT2D eigenvalue weighted by Gasteiger charge is -2.43. The molecule has 0 amide bonds. The van der Waals surface area contributed by atoms with Crippen molar-refractivity contribution in [3.8, 4) is 0 Å². The molecule has 1 aliphatic rings. The first kappa shape index (κ1) is 16.0. The van der Waals surface area contributed by atoms with E-state index in [1.165, 1.54) is 44.9 Å². The van der Waals surface area contributed by atoms with E-state index >= 15 is 0 Å². The minimum absolute atomic E-state index is 0.261. The molecule has 1 nitrogen and oxygen atoms in total. The van der Waals surface area contributed by atoms with Crippen LogP contribution in [0.2, 0.25) is 0 Å². The largest absolute Gasteiger partial charge is 0.396 e. The lowest BCUT2D eigenvalue weighted by atomic mass is 9.63. The van der Waals surface area contributed by atoms with Gasteiger partial charge in [0.1, 0.15) is 0 Å². The third-order valence-corrected chi connectivity index (χ3v) is 5.09. The first-order valence-electron chi connectivity index (χ1n) is 7.90. The second-order valence-corrected chi connectivity index (χ2v) is 8.08. The fourth-order valence-electron chi connectivity index (χ4n) is 3.47. The SMILES string of the molecule is CC(C)CCCC1(CO)CCC(C(C)(C)C)CC1. The van der Waals surface area contributed by atoms with Gasteiger partial charge in [-0.1, -0.05) is 47.5 Å². The van der Waals surface area contributed by atoms with E-state index in [0.29, 0.717) is 12.0 Å². The molecule has 1 saturated carbocycles. The van der Waals surface area contributed by atoms with E-state index in [9.17, 15) is 5.11 Å². The summed E-state index contributed by atoms with van der Waals surface area (Å²) in [5.74, 6) is 1.65. The van der Waals surface area contributed by atoms with E-state index in [-0.39, 0.29) is 5.41 Å². The highest BCUT2D eigenvalue weighted by atomic mass is 16.3. The standard InChI is InChI=1S/C17H34O/c1-14(2)7-6-10-17(13-18)11-8-15(9-12-17)16(3,4)5/h14-15,18H,6-13H2,1-5H3. The summed E-state index contributed by atoms with van der Waals surface area (Å²) in [6.45, 7) is 12.1. The summed E-state index contributed by atoms with van der Waals surface area (Å²) in [7, 11) is 0. The third-order valence-electron chi connectivity index (χ3n) is 5.09. The average Bonchev–Trinajstić information content (AvgIpc) is 2.28.